The van der Waals surface area contributed by atoms with Gasteiger partial charge in [-0.25, -0.2) is 0 Å². The summed E-state index contributed by atoms with van der Waals surface area (Å²) in [7, 11) is 1.69. The molecule has 0 saturated carbocycles. The van der Waals surface area contributed by atoms with Crippen LogP contribution in [-0.4, -0.2) is 49.2 Å². The molecule has 98 valence electrons. The van der Waals surface area contributed by atoms with Crippen LogP contribution in [0.25, 0.3) is 0 Å². The van der Waals surface area contributed by atoms with E-state index in [9.17, 15) is 4.79 Å². The van der Waals surface area contributed by atoms with Crippen LogP contribution in [0.15, 0.2) is 0 Å². The third-order valence-corrected chi connectivity index (χ3v) is 4.18. The highest BCUT2D eigenvalue weighted by atomic mass is 16.5. The number of carbonyl (C=O) groups is 1. The van der Waals surface area contributed by atoms with Crippen molar-refractivity contribution in [1.82, 2.24) is 10.2 Å². The molecule has 0 radical (unpaired) electrons. The molecule has 0 spiro atoms. The van der Waals surface area contributed by atoms with E-state index in [0.29, 0.717) is 24.6 Å². The van der Waals surface area contributed by atoms with Crippen LogP contribution in [-0.2, 0) is 9.53 Å². The molecule has 1 amide bonds. The molecule has 1 N–H and O–H groups in total. The third kappa shape index (κ3) is 2.47. The fourth-order valence-electron chi connectivity index (χ4n) is 3.33. The fraction of sp³-hybridized carbons (Fsp3) is 0.923. The molecule has 4 atom stereocenters. The Balaban J connectivity index is 1.97. The van der Waals surface area contributed by atoms with Crippen molar-refractivity contribution in [3.8, 4) is 0 Å². The van der Waals surface area contributed by atoms with Gasteiger partial charge in [0.2, 0.25) is 5.91 Å². The number of nitrogens with zero attached hydrogens (tertiary/aromatic N) is 1. The number of fused-ring (bicyclic) bond motifs is 2. The molecule has 2 rings (SSSR count). The number of likely N-dealkylation sites (N-methyl/N-ethyl adjacent to an activating group) is 1. The van der Waals surface area contributed by atoms with E-state index in [4.69, 9.17) is 4.74 Å². The topological polar surface area (TPSA) is 41.6 Å². The van der Waals surface area contributed by atoms with E-state index >= 15 is 0 Å². The SMILES string of the molecule is CCN(C(=O)C1CC2CCC1N2)C(C)COC. The molecule has 0 aromatic heterocycles. The van der Waals surface area contributed by atoms with Gasteiger partial charge in [-0.2, -0.15) is 0 Å². The summed E-state index contributed by atoms with van der Waals surface area (Å²) >= 11 is 0. The fourth-order valence-corrected chi connectivity index (χ4v) is 3.33. The summed E-state index contributed by atoms with van der Waals surface area (Å²) in [5.74, 6) is 0.518. The maximum atomic E-state index is 12.5. The first-order valence-corrected chi connectivity index (χ1v) is 6.72. The van der Waals surface area contributed by atoms with E-state index in [-0.39, 0.29) is 12.0 Å². The van der Waals surface area contributed by atoms with Crippen molar-refractivity contribution in [2.45, 2.75) is 51.2 Å². The second kappa shape index (κ2) is 5.36. The summed E-state index contributed by atoms with van der Waals surface area (Å²) in [6, 6.07) is 1.19. The van der Waals surface area contributed by atoms with Crippen molar-refractivity contribution < 1.29 is 9.53 Å². The first kappa shape index (κ1) is 12.8. The Kier molecular flexibility index (Phi) is 4.05. The molecule has 4 unspecified atom stereocenters. The first-order chi connectivity index (χ1) is 8.17. The predicted octanol–water partition coefficient (Wildman–Crippen LogP) is 1.01. The largest absolute Gasteiger partial charge is 0.383 e. The maximum absolute atomic E-state index is 12.5. The maximum Gasteiger partial charge on any atom is 0.227 e. The van der Waals surface area contributed by atoms with E-state index in [1.807, 2.05) is 11.8 Å². The quantitative estimate of drug-likeness (QED) is 0.780. The second-order valence-corrected chi connectivity index (χ2v) is 5.32. The second-order valence-electron chi connectivity index (χ2n) is 5.32. The number of hydrogen-bond donors (Lipinski definition) is 1. The molecule has 4 nitrogen and oxygen atoms in total. The van der Waals surface area contributed by atoms with Gasteiger partial charge in [0, 0.05) is 25.7 Å². The van der Waals surface area contributed by atoms with Crippen LogP contribution in [0, 0.1) is 5.92 Å². The monoisotopic (exact) mass is 240 g/mol. The van der Waals surface area contributed by atoms with Gasteiger partial charge in [-0.05, 0) is 33.1 Å². The van der Waals surface area contributed by atoms with E-state index < -0.39 is 0 Å². The predicted molar refractivity (Wildman–Crippen MR) is 66.8 cm³/mol. The molecular formula is C13H24N2O2. The minimum atomic E-state index is 0.177. The number of nitrogens with one attached hydrogen (secondary N) is 1. The van der Waals surface area contributed by atoms with Crippen molar-refractivity contribution in [2.24, 2.45) is 5.92 Å². The highest BCUT2D eigenvalue weighted by Gasteiger charge is 2.44. The van der Waals surface area contributed by atoms with Crippen molar-refractivity contribution in [3.63, 3.8) is 0 Å². The highest BCUT2D eigenvalue weighted by molar-refractivity contribution is 5.80. The average molecular weight is 240 g/mol. The van der Waals surface area contributed by atoms with Crippen LogP contribution >= 0.6 is 0 Å². The Morgan fingerprint density at radius 1 is 1.53 bits per heavy atom. The Bertz CT molecular complexity index is 283. The van der Waals surface area contributed by atoms with Crippen LogP contribution in [0.3, 0.4) is 0 Å². The van der Waals surface area contributed by atoms with Gasteiger partial charge in [0.25, 0.3) is 0 Å². The molecule has 17 heavy (non-hydrogen) atoms. The molecule has 0 aliphatic carbocycles. The minimum absolute atomic E-state index is 0.177. The van der Waals surface area contributed by atoms with Gasteiger partial charge in [-0.15, -0.1) is 0 Å². The van der Waals surface area contributed by atoms with Crippen molar-refractivity contribution >= 4 is 5.91 Å². The number of amides is 1. The molecule has 2 saturated heterocycles. The molecule has 2 aliphatic rings. The number of hydrogen-bond acceptors (Lipinski definition) is 3. The lowest BCUT2D eigenvalue weighted by Gasteiger charge is -2.32. The lowest BCUT2D eigenvalue weighted by molar-refractivity contribution is -0.139. The third-order valence-electron chi connectivity index (χ3n) is 4.18. The summed E-state index contributed by atoms with van der Waals surface area (Å²) in [5.41, 5.74) is 0. The zero-order valence-electron chi connectivity index (χ0n) is 11.1. The van der Waals surface area contributed by atoms with E-state index in [2.05, 4.69) is 12.2 Å². The lowest BCUT2D eigenvalue weighted by atomic mass is 9.88. The average Bonchev–Trinajstić information content (AvgIpc) is 2.91. The lowest BCUT2D eigenvalue weighted by Crippen LogP contribution is -2.46. The summed E-state index contributed by atoms with van der Waals surface area (Å²) in [5, 5.41) is 3.53. The number of carbonyl (C=O) groups excluding carboxylic acids is 1. The van der Waals surface area contributed by atoms with Crippen LogP contribution in [0.2, 0.25) is 0 Å². The zero-order valence-corrected chi connectivity index (χ0v) is 11.1. The van der Waals surface area contributed by atoms with Crippen LogP contribution in [0.5, 0.6) is 0 Å². The van der Waals surface area contributed by atoms with Gasteiger partial charge in [-0.3, -0.25) is 4.79 Å². The molecule has 2 fully saturated rings. The molecular weight excluding hydrogens is 216 g/mol. The number of ether oxygens (including phenoxy) is 1. The smallest absolute Gasteiger partial charge is 0.227 e. The molecule has 0 aromatic rings. The van der Waals surface area contributed by atoms with E-state index in [1.54, 1.807) is 7.11 Å². The minimum Gasteiger partial charge on any atom is -0.383 e. The highest BCUT2D eigenvalue weighted by Crippen LogP contribution is 2.34. The summed E-state index contributed by atoms with van der Waals surface area (Å²) < 4.78 is 5.15. The zero-order chi connectivity index (χ0) is 12.4. The summed E-state index contributed by atoms with van der Waals surface area (Å²) in [6.07, 6.45) is 3.44. The molecule has 4 heteroatoms. The van der Waals surface area contributed by atoms with Crippen LogP contribution in [0.1, 0.15) is 33.1 Å². The first-order valence-electron chi connectivity index (χ1n) is 6.72. The van der Waals surface area contributed by atoms with Crippen molar-refractivity contribution in [1.29, 1.82) is 0 Å². The van der Waals surface area contributed by atoms with Gasteiger partial charge in [0.1, 0.15) is 0 Å². The van der Waals surface area contributed by atoms with Gasteiger partial charge >= 0.3 is 0 Å². The Morgan fingerprint density at radius 3 is 2.76 bits per heavy atom. The van der Waals surface area contributed by atoms with Crippen LogP contribution in [0.4, 0.5) is 0 Å². The Morgan fingerprint density at radius 2 is 2.29 bits per heavy atom. The number of methoxy groups -OCH3 is 1. The summed E-state index contributed by atoms with van der Waals surface area (Å²) in [6.45, 7) is 5.50. The van der Waals surface area contributed by atoms with E-state index in [0.717, 1.165) is 19.4 Å². The van der Waals surface area contributed by atoms with Crippen LogP contribution < -0.4 is 5.32 Å². The molecule has 2 aliphatic heterocycles. The Hall–Kier alpha value is -0.610. The number of rotatable bonds is 5. The van der Waals surface area contributed by atoms with Crippen molar-refractivity contribution in [3.05, 3.63) is 0 Å². The Labute approximate surface area is 104 Å². The van der Waals surface area contributed by atoms with Gasteiger partial charge in [0.05, 0.1) is 18.6 Å². The van der Waals surface area contributed by atoms with E-state index in [1.165, 1.54) is 6.42 Å². The van der Waals surface area contributed by atoms with Gasteiger partial charge in [-0.1, -0.05) is 0 Å². The van der Waals surface area contributed by atoms with Crippen molar-refractivity contribution in [2.75, 3.05) is 20.3 Å². The van der Waals surface area contributed by atoms with Gasteiger partial charge < -0.3 is 15.0 Å². The molecule has 0 aromatic carbocycles. The normalized spacial score (nSPS) is 32.8. The van der Waals surface area contributed by atoms with Gasteiger partial charge in [0.15, 0.2) is 0 Å². The standard InChI is InChI=1S/C13H24N2O2/c1-4-15(9(2)8-17-3)13(16)11-7-10-5-6-12(11)14-10/h9-12,14H,4-8H2,1-3H3. The summed E-state index contributed by atoms with van der Waals surface area (Å²) in [4.78, 5) is 14.5. The molecule has 2 heterocycles. The molecule has 2 bridgehead atoms.